The largest absolute Gasteiger partial charge is 0.453 e. The molecule has 3 rings (SSSR count). The lowest BCUT2D eigenvalue weighted by Gasteiger charge is -2.42. The molecule has 0 aliphatic carbocycles. The standard InChI is InChI=1S/C15H17Cl2NO5/c16-7-1-2-8(9(17)5-7)15(22)23-14-11(20)6-18-4-3-10(19)12(18)13(14)21/h1-2,5,10-14,19-21H,3-4,6H2/t10-,11?,12?,13?,14?/m0/s1. The summed E-state index contributed by atoms with van der Waals surface area (Å²) >= 11 is 11.8. The number of esters is 1. The van der Waals surface area contributed by atoms with Crippen LogP contribution in [0.25, 0.3) is 0 Å². The summed E-state index contributed by atoms with van der Waals surface area (Å²) in [5.74, 6) is -0.754. The Labute approximate surface area is 143 Å². The Hall–Kier alpha value is -0.890. The number of hydrogen-bond donors (Lipinski definition) is 3. The van der Waals surface area contributed by atoms with E-state index in [1.165, 1.54) is 18.2 Å². The molecule has 2 aliphatic rings. The van der Waals surface area contributed by atoms with Crippen LogP contribution < -0.4 is 0 Å². The van der Waals surface area contributed by atoms with Gasteiger partial charge in [0.1, 0.15) is 12.2 Å². The van der Waals surface area contributed by atoms with Crippen molar-refractivity contribution in [3.63, 3.8) is 0 Å². The van der Waals surface area contributed by atoms with Crippen molar-refractivity contribution in [3.8, 4) is 0 Å². The Morgan fingerprint density at radius 3 is 2.65 bits per heavy atom. The van der Waals surface area contributed by atoms with Gasteiger partial charge in [-0.2, -0.15) is 0 Å². The zero-order chi connectivity index (χ0) is 16.7. The molecule has 1 aromatic carbocycles. The van der Waals surface area contributed by atoms with Gasteiger partial charge in [-0.15, -0.1) is 0 Å². The predicted octanol–water partition coefficient (Wildman–Crippen LogP) is 0.689. The van der Waals surface area contributed by atoms with Crippen LogP contribution in [0.4, 0.5) is 0 Å². The van der Waals surface area contributed by atoms with Gasteiger partial charge in [0, 0.05) is 18.1 Å². The predicted molar refractivity (Wildman–Crippen MR) is 83.7 cm³/mol. The smallest absolute Gasteiger partial charge is 0.340 e. The highest BCUT2D eigenvalue weighted by molar-refractivity contribution is 6.36. The van der Waals surface area contributed by atoms with Gasteiger partial charge in [0.15, 0.2) is 6.10 Å². The first-order valence-electron chi connectivity index (χ1n) is 7.33. The van der Waals surface area contributed by atoms with E-state index in [1.807, 2.05) is 0 Å². The number of aliphatic hydroxyl groups is 3. The van der Waals surface area contributed by atoms with Gasteiger partial charge >= 0.3 is 5.97 Å². The first kappa shape index (κ1) is 17.0. The Kier molecular flexibility index (Phi) is 4.83. The third-order valence-electron chi connectivity index (χ3n) is 4.41. The van der Waals surface area contributed by atoms with Gasteiger partial charge in [0.2, 0.25) is 0 Å². The fraction of sp³-hybridized carbons (Fsp3) is 0.533. The van der Waals surface area contributed by atoms with E-state index >= 15 is 0 Å². The van der Waals surface area contributed by atoms with Crippen molar-refractivity contribution in [3.05, 3.63) is 33.8 Å². The Bertz CT molecular complexity index is 614. The van der Waals surface area contributed by atoms with Crippen molar-refractivity contribution in [1.29, 1.82) is 0 Å². The van der Waals surface area contributed by atoms with E-state index in [0.717, 1.165) is 0 Å². The van der Waals surface area contributed by atoms with Crippen LogP contribution in [0, 0.1) is 0 Å². The van der Waals surface area contributed by atoms with Crippen LogP contribution in [0.1, 0.15) is 16.8 Å². The number of hydrogen-bond acceptors (Lipinski definition) is 6. The summed E-state index contributed by atoms with van der Waals surface area (Å²) in [5, 5.41) is 31.0. The fourth-order valence-electron chi connectivity index (χ4n) is 3.27. The third-order valence-corrected chi connectivity index (χ3v) is 4.96. The Balaban J connectivity index is 1.77. The van der Waals surface area contributed by atoms with Crippen LogP contribution in [0.5, 0.6) is 0 Å². The number of carbonyl (C=O) groups is 1. The van der Waals surface area contributed by atoms with Crippen molar-refractivity contribution < 1.29 is 24.9 Å². The average Bonchev–Trinajstić information content (AvgIpc) is 2.84. The van der Waals surface area contributed by atoms with Crippen LogP contribution in [-0.2, 0) is 4.74 Å². The van der Waals surface area contributed by atoms with Gasteiger partial charge in [-0.05, 0) is 24.6 Å². The molecule has 1 aromatic rings. The fourth-order valence-corrected chi connectivity index (χ4v) is 3.76. The zero-order valence-corrected chi connectivity index (χ0v) is 13.6. The second kappa shape index (κ2) is 6.55. The monoisotopic (exact) mass is 361 g/mol. The van der Waals surface area contributed by atoms with Gasteiger partial charge in [0.05, 0.1) is 22.7 Å². The van der Waals surface area contributed by atoms with Gasteiger partial charge in [0.25, 0.3) is 0 Å². The summed E-state index contributed by atoms with van der Waals surface area (Å²) < 4.78 is 5.27. The first-order chi connectivity index (χ1) is 10.9. The van der Waals surface area contributed by atoms with E-state index in [4.69, 9.17) is 27.9 Å². The maximum atomic E-state index is 12.3. The SMILES string of the molecule is O=C(OC1C(O)CN2CC[C@H](O)C2C1O)c1ccc(Cl)cc1Cl. The van der Waals surface area contributed by atoms with Crippen molar-refractivity contribution in [1.82, 2.24) is 4.90 Å². The maximum Gasteiger partial charge on any atom is 0.340 e. The zero-order valence-electron chi connectivity index (χ0n) is 12.1. The van der Waals surface area contributed by atoms with E-state index in [9.17, 15) is 20.1 Å². The Morgan fingerprint density at radius 2 is 1.96 bits per heavy atom. The van der Waals surface area contributed by atoms with Crippen molar-refractivity contribution in [2.24, 2.45) is 0 Å². The molecule has 2 saturated heterocycles. The summed E-state index contributed by atoms with van der Waals surface area (Å²) in [6.07, 6.45) is -3.54. The normalized spacial score (nSPS) is 34.2. The molecule has 0 aromatic heterocycles. The Morgan fingerprint density at radius 1 is 1.22 bits per heavy atom. The van der Waals surface area contributed by atoms with Crippen molar-refractivity contribution >= 4 is 29.2 Å². The van der Waals surface area contributed by atoms with E-state index in [-0.39, 0.29) is 17.1 Å². The molecule has 23 heavy (non-hydrogen) atoms. The number of halogens is 2. The maximum absolute atomic E-state index is 12.3. The minimum absolute atomic E-state index is 0.102. The second-order valence-corrected chi connectivity index (χ2v) is 6.74. The molecule has 3 N–H and O–H groups in total. The van der Waals surface area contributed by atoms with Crippen LogP contribution in [-0.4, -0.2) is 69.7 Å². The van der Waals surface area contributed by atoms with E-state index in [2.05, 4.69) is 0 Å². The van der Waals surface area contributed by atoms with Crippen molar-refractivity contribution in [2.45, 2.75) is 36.9 Å². The molecule has 0 spiro atoms. The number of ether oxygens (including phenoxy) is 1. The molecule has 4 unspecified atom stereocenters. The molecule has 0 radical (unpaired) electrons. The lowest BCUT2D eigenvalue weighted by molar-refractivity contribution is -0.144. The first-order valence-corrected chi connectivity index (χ1v) is 8.08. The van der Waals surface area contributed by atoms with E-state index < -0.39 is 36.4 Å². The third kappa shape index (κ3) is 3.20. The molecule has 0 bridgehead atoms. The van der Waals surface area contributed by atoms with Crippen LogP contribution >= 0.6 is 23.2 Å². The molecule has 5 atom stereocenters. The quantitative estimate of drug-likeness (QED) is 0.671. The minimum Gasteiger partial charge on any atom is -0.453 e. The molecule has 0 saturated carbocycles. The van der Waals surface area contributed by atoms with Gasteiger partial charge in [-0.1, -0.05) is 23.2 Å². The molecular formula is C15H17Cl2NO5. The van der Waals surface area contributed by atoms with Crippen LogP contribution in [0.15, 0.2) is 18.2 Å². The van der Waals surface area contributed by atoms with Crippen LogP contribution in [0.2, 0.25) is 10.0 Å². The molecule has 8 heteroatoms. The summed E-state index contributed by atoms with van der Waals surface area (Å²) in [5.41, 5.74) is 0.102. The van der Waals surface area contributed by atoms with Gasteiger partial charge < -0.3 is 20.1 Å². The van der Waals surface area contributed by atoms with Crippen molar-refractivity contribution in [2.75, 3.05) is 13.1 Å². The highest BCUT2D eigenvalue weighted by atomic mass is 35.5. The topological polar surface area (TPSA) is 90.2 Å². The van der Waals surface area contributed by atoms with E-state index in [0.29, 0.717) is 18.0 Å². The molecule has 2 fully saturated rings. The number of rotatable bonds is 2. The number of fused-ring (bicyclic) bond motifs is 1. The van der Waals surface area contributed by atoms with Crippen LogP contribution in [0.3, 0.4) is 0 Å². The lowest BCUT2D eigenvalue weighted by Crippen LogP contribution is -2.62. The number of benzene rings is 1. The summed E-state index contributed by atoms with van der Waals surface area (Å²) in [6.45, 7) is 0.814. The minimum atomic E-state index is -1.17. The molecule has 2 heterocycles. The number of piperidine rings is 1. The summed E-state index contributed by atoms with van der Waals surface area (Å²) in [7, 11) is 0. The second-order valence-electron chi connectivity index (χ2n) is 5.89. The van der Waals surface area contributed by atoms with Gasteiger partial charge in [-0.25, -0.2) is 4.79 Å². The van der Waals surface area contributed by atoms with Gasteiger partial charge in [-0.3, -0.25) is 4.90 Å². The molecule has 6 nitrogen and oxygen atoms in total. The average molecular weight is 362 g/mol. The summed E-state index contributed by atoms with van der Waals surface area (Å²) in [4.78, 5) is 14.1. The van der Waals surface area contributed by atoms with E-state index in [1.54, 1.807) is 4.90 Å². The highest BCUT2D eigenvalue weighted by Crippen LogP contribution is 2.30. The molecule has 0 amide bonds. The highest BCUT2D eigenvalue weighted by Gasteiger charge is 2.50. The number of nitrogens with zero attached hydrogens (tertiary/aromatic N) is 1. The molecular weight excluding hydrogens is 345 g/mol. The molecule has 126 valence electrons. The summed E-state index contributed by atoms with van der Waals surface area (Å²) in [6, 6.07) is 3.79. The molecule has 2 aliphatic heterocycles. The number of carbonyl (C=O) groups excluding carboxylic acids is 1. The lowest BCUT2D eigenvalue weighted by atomic mass is 9.92. The number of aliphatic hydroxyl groups excluding tert-OH is 3.